The van der Waals surface area contributed by atoms with E-state index in [9.17, 15) is 0 Å². The molecule has 7 nitrogen and oxygen atoms in total. The average Bonchev–Trinajstić information content (AvgIpc) is 2.91. The van der Waals surface area contributed by atoms with E-state index in [0.29, 0.717) is 5.84 Å². The van der Waals surface area contributed by atoms with Crippen LogP contribution < -0.4 is 10.6 Å². The Morgan fingerprint density at radius 2 is 2.10 bits per heavy atom. The maximum atomic E-state index is 8.90. The van der Waals surface area contributed by atoms with E-state index in [1.54, 1.807) is 11.3 Å². The quantitative estimate of drug-likeness (QED) is 0.363. The normalized spacial score (nSPS) is 19.3. The maximum absolute atomic E-state index is 8.90. The number of oxime groups is 1. The molecule has 1 atom stereocenters. The first-order valence-corrected chi connectivity index (χ1v) is 7.73. The molecule has 3 N–H and O–H groups in total. The SMILES string of the molecule is CCCC(C(N)=NO)N1CCN(c2nnc(C)s2)CC1. The van der Waals surface area contributed by atoms with Gasteiger partial charge in [-0.15, -0.1) is 10.2 Å². The molecule has 1 fully saturated rings. The van der Waals surface area contributed by atoms with E-state index in [4.69, 9.17) is 10.9 Å². The molecule has 1 unspecified atom stereocenters. The van der Waals surface area contributed by atoms with Crippen molar-refractivity contribution >= 4 is 22.3 Å². The van der Waals surface area contributed by atoms with E-state index in [2.05, 4.69) is 32.1 Å². The summed E-state index contributed by atoms with van der Waals surface area (Å²) in [6, 6.07) is 0.0308. The molecular formula is C12H22N6OS. The van der Waals surface area contributed by atoms with Gasteiger partial charge in [-0.25, -0.2) is 0 Å². The van der Waals surface area contributed by atoms with Gasteiger partial charge in [0.05, 0.1) is 6.04 Å². The molecule has 20 heavy (non-hydrogen) atoms. The number of nitrogens with two attached hydrogens (primary N) is 1. The summed E-state index contributed by atoms with van der Waals surface area (Å²) >= 11 is 1.62. The first kappa shape index (κ1) is 15.0. The molecule has 0 bridgehead atoms. The number of hydrogen-bond donors (Lipinski definition) is 2. The topological polar surface area (TPSA) is 90.9 Å². The minimum Gasteiger partial charge on any atom is -0.409 e. The molecule has 1 aliphatic heterocycles. The van der Waals surface area contributed by atoms with E-state index in [0.717, 1.165) is 49.2 Å². The summed E-state index contributed by atoms with van der Waals surface area (Å²) in [5, 5.41) is 22.3. The van der Waals surface area contributed by atoms with E-state index in [1.165, 1.54) is 0 Å². The highest BCUT2D eigenvalue weighted by Gasteiger charge is 2.27. The van der Waals surface area contributed by atoms with Crippen molar-refractivity contribution in [3.63, 3.8) is 0 Å². The van der Waals surface area contributed by atoms with Crippen LogP contribution in [0.5, 0.6) is 0 Å². The van der Waals surface area contributed by atoms with Crippen LogP contribution in [0.15, 0.2) is 5.16 Å². The average molecular weight is 298 g/mol. The van der Waals surface area contributed by atoms with Crippen molar-refractivity contribution in [3.8, 4) is 0 Å². The minimum absolute atomic E-state index is 0.0308. The molecule has 1 aromatic rings. The number of anilines is 1. The van der Waals surface area contributed by atoms with E-state index >= 15 is 0 Å². The molecule has 1 aromatic heterocycles. The number of aromatic nitrogens is 2. The van der Waals surface area contributed by atoms with Gasteiger partial charge < -0.3 is 15.8 Å². The second-order valence-corrected chi connectivity index (χ2v) is 6.12. The van der Waals surface area contributed by atoms with Crippen molar-refractivity contribution < 1.29 is 5.21 Å². The van der Waals surface area contributed by atoms with Crippen LogP contribution in [0.1, 0.15) is 24.8 Å². The van der Waals surface area contributed by atoms with Gasteiger partial charge in [-0.1, -0.05) is 29.8 Å². The van der Waals surface area contributed by atoms with Gasteiger partial charge in [-0.3, -0.25) is 4.90 Å². The molecule has 1 aliphatic rings. The van der Waals surface area contributed by atoms with Crippen LogP contribution in [-0.2, 0) is 0 Å². The monoisotopic (exact) mass is 298 g/mol. The molecule has 0 radical (unpaired) electrons. The van der Waals surface area contributed by atoms with Crippen LogP contribution >= 0.6 is 11.3 Å². The van der Waals surface area contributed by atoms with Crippen LogP contribution in [0.2, 0.25) is 0 Å². The smallest absolute Gasteiger partial charge is 0.208 e. The third kappa shape index (κ3) is 3.37. The molecule has 1 saturated heterocycles. The Morgan fingerprint density at radius 3 is 2.60 bits per heavy atom. The predicted octanol–water partition coefficient (Wildman–Crippen LogP) is 0.884. The standard InChI is InChI=1S/C12H22N6OS/c1-3-4-10(11(13)16-19)17-5-7-18(8-6-17)12-15-14-9(2)20-12/h10,19H,3-8H2,1-2H3,(H2,13,16). The van der Waals surface area contributed by atoms with Crippen molar-refractivity contribution in [1.29, 1.82) is 0 Å². The van der Waals surface area contributed by atoms with Crippen LogP contribution in [0.25, 0.3) is 0 Å². The van der Waals surface area contributed by atoms with E-state index in [-0.39, 0.29) is 6.04 Å². The molecule has 112 valence electrons. The Balaban J connectivity index is 1.95. The molecule has 2 heterocycles. The summed E-state index contributed by atoms with van der Waals surface area (Å²) in [6.45, 7) is 7.64. The highest BCUT2D eigenvalue weighted by molar-refractivity contribution is 7.15. The number of aryl methyl sites for hydroxylation is 1. The highest BCUT2D eigenvalue weighted by atomic mass is 32.1. The highest BCUT2D eigenvalue weighted by Crippen LogP contribution is 2.21. The molecular weight excluding hydrogens is 276 g/mol. The zero-order chi connectivity index (χ0) is 14.5. The third-order valence-electron chi connectivity index (χ3n) is 3.56. The molecule has 0 aromatic carbocycles. The zero-order valence-corrected chi connectivity index (χ0v) is 12.8. The van der Waals surface area contributed by atoms with Crippen molar-refractivity contribution in [2.45, 2.75) is 32.7 Å². The van der Waals surface area contributed by atoms with Crippen LogP contribution in [0.4, 0.5) is 5.13 Å². The lowest BCUT2D eigenvalue weighted by molar-refractivity contribution is 0.211. The summed E-state index contributed by atoms with van der Waals surface area (Å²) in [7, 11) is 0. The number of hydrogen-bond acceptors (Lipinski definition) is 7. The molecule has 0 saturated carbocycles. The number of amidine groups is 1. The Labute approximate surface area is 123 Å². The number of nitrogens with zero attached hydrogens (tertiary/aromatic N) is 5. The second kappa shape index (κ2) is 6.85. The fraction of sp³-hybridized carbons (Fsp3) is 0.750. The number of piperazine rings is 1. The van der Waals surface area contributed by atoms with Gasteiger partial charge in [0, 0.05) is 26.2 Å². The summed E-state index contributed by atoms with van der Waals surface area (Å²) in [4.78, 5) is 4.53. The maximum Gasteiger partial charge on any atom is 0.208 e. The summed E-state index contributed by atoms with van der Waals surface area (Å²) < 4.78 is 0. The summed E-state index contributed by atoms with van der Waals surface area (Å²) in [5.41, 5.74) is 5.81. The molecule has 2 rings (SSSR count). The van der Waals surface area contributed by atoms with Gasteiger partial charge in [0.25, 0.3) is 0 Å². The third-order valence-corrected chi connectivity index (χ3v) is 4.46. The number of rotatable bonds is 5. The van der Waals surface area contributed by atoms with E-state index < -0.39 is 0 Å². The van der Waals surface area contributed by atoms with Crippen LogP contribution in [0, 0.1) is 6.92 Å². The lowest BCUT2D eigenvalue weighted by atomic mass is 10.1. The van der Waals surface area contributed by atoms with Crippen LogP contribution in [-0.4, -0.2) is 58.4 Å². The first-order valence-electron chi connectivity index (χ1n) is 6.92. The lowest BCUT2D eigenvalue weighted by Crippen LogP contribution is -2.54. The van der Waals surface area contributed by atoms with Crippen molar-refractivity contribution in [3.05, 3.63) is 5.01 Å². The second-order valence-electron chi connectivity index (χ2n) is 4.96. The van der Waals surface area contributed by atoms with Gasteiger partial charge in [0.15, 0.2) is 5.84 Å². The molecule has 0 aliphatic carbocycles. The lowest BCUT2D eigenvalue weighted by Gasteiger charge is -2.38. The molecule has 0 spiro atoms. The Morgan fingerprint density at radius 1 is 1.40 bits per heavy atom. The van der Waals surface area contributed by atoms with Crippen molar-refractivity contribution in [2.24, 2.45) is 10.9 Å². The minimum atomic E-state index is 0.0308. The van der Waals surface area contributed by atoms with Gasteiger partial charge in [-0.2, -0.15) is 0 Å². The predicted molar refractivity (Wildman–Crippen MR) is 80.5 cm³/mol. The van der Waals surface area contributed by atoms with Crippen molar-refractivity contribution in [1.82, 2.24) is 15.1 Å². The fourth-order valence-electron chi connectivity index (χ4n) is 2.50. The van der Waals surface area contributed by atoms with Gasteiger partial charge in [-0.05, 0) is 13.3 Å². The van der Waals surface area contributed by atoms with Crippen LogP contribution in [0.3, 0.4) is 0 Å². The Hall–Kier alpha value is -1.41. The largest absolute Gasteiger partial charge is 0.409 e. The summed E-state index contributed by atoms with van der Waals surface area (Å²) in [6.07, 6.45) is 1.92. The van der Waals surface area contributed by atoms with Gasteiger partial charge >= 0.3 is 0 Å². The van der Waals surface area contributed by atoms with E-state index in [1.807, 2.05) is 6.92 Å². The first-order chi connectivity index (χ1) is 9.65. The van der Waals surface area contributed by atoms with Gasteiger partial charge in [0.1, 0.15) is 5.01 Å². The molecule has 0 amide bonds. The zero-order valence-electron chi connectivity index (χ0n) is 12.0. The molecule has 8 heteroatoms. The van der Waals surface area contributed by atoms with Gasteiger partial charge in [0.2, 0.25) is 5.13 Å². The van der Waals surface area contributed by atoms with Crippen molar-refractivity contribution in [2.75, 3.05) is 31.1 Å². The Kier molecular flexibility index (Phi) is 5.13. The summed E-state index contributed by atoms with van der Waals surface area (Å²) in [5.74, 6) is 0.312. The fourth-order valence-corrected chi connectivity index (χ4v) is 3.24. The Bertz CT molecular complexity index is 455.